The van der Waals surface area contributed by atoms with Crippen LogP contribution in [0.4, 0.5) is 0 Å². The van der Waals surface area contributed by atoms with Crippen molar-refractivity contribution < 1.29 is 0 Å². The third kappa shape index (κ3) is 2.82. The number of halogens is 2. The first-order chi connectivity index (χ1) is 8.11. The summed E-state index contributed by atoms with van der Waals surface area (Å²) >= 11 is 13.7. The summed E-state index contributed by atoms with van der Waals surface area (Å²) in [7, 11) is 0. The zero-order valence-electron chi connectivity index (χ0n) is 9.76. The molecular formula is C13H13Cl2NS. The Morgan fingerprint density at radius 1 is 1.24 bits per heavy atom. The van der Waals surface area contributed by atoms with Crippen LogP contribution in [0.2, 0.25) is 10.0 Å². The number of hydrogen-bond acceptors (Lipinski definition) is 2. The highest BCUT2D eigenvalue weighted by molar-refractivity contribution is 7.12. The fraction of sp³-hybridized carbons (Fsp3) is 0.308. The zero-order chi connectivity index (χ0) is 12.4. The average molecular weight is 286 g/mol. The first-order valence-corrected chi connectivity index (χ1v) is 7.10. The van der Waals surface area contributed by atoms with E-state index in [1.165, 1.54) is 4.88 Å². The SMILES string of the molecule is CCCc1sc(C)nc1-c1ccc(Cl)c(Cl)c1. The number of rotatable bonds is 3. The van der Waals surface area contributed by atoms with Crippen molar-refractivity contribution in [3.63, 3.8) is 0 Å². The maximum atomic E-state index is 6.04. The molecule has 0 unspecified atom stereocenters. The summed E-state index contributed by atoms with van der Waals surface area (Å²) in [6, 6.07) is 5.68. The lowest BCUT2D eigenvalue weighted by Gasteiger charge is -2.03. The van der Waals surface area contributed by atoms with E-state index in [0.717, 1.165) is 29.1 Å². The van der Waals surface area contributed by atoms with Gasteiger partial charge in [-0.05, 0) is 25.5 Å². The van der Waals surface area contributed by atoms with E-state index in [1.807, 2.05) is 25.1 Å². The van der Waals surface area contributed by atoms with Gasteiger partial charge in [0.2, 0.25) is 0 Å². The molecule has 1 heterocycles. The number of aryl methyl sites for hydroxylation is 2. The third-order valence-corrected chi connectivity index (χ3v) is 4.24. The Balaban J connectivity index is 2.47. The molecule has 0 aliphatic heterocycles. The van der Waals surface area contributed by atoms with Crippen LogP contribution in [0.15, 0.2) is 18.2 Å². The molecule has 2 rings (SSSR count). The predicted molar refractivity (Wildman–Crippen MR) is 76.3 cm³/mol. The van der Waals surface area contributed by atoms with Gasteiger partial charge < -0.3 is 0 Å². The van der Waals surface area contributed by atoms with E-state index in [4.69, 9.17) is 23.2 Å². The second-order valence-electron chi connectivity index (χ2n) is 3.88. The Morgan fingerprint density at radius 3 is 2.65 bits per heavy atom. The summed E-state index contributed by atoms with van der Waals surface area (Å²) in [4.78, 5) is 5.91. The summed E-state index contributed by atoms with van der Waals surface area (Å²) in [5, 5.41) is 2.26. The summed E-state index contributed by atoms with van der Waals surface area (Å²) in [6.45, 7) is 4.21. The molecule has 1 aromatic carbocycles. The van der Waals surface area contributed by atoms with E-state index in [-0.39, 0.29) is 0 Å². The van der Waals surface area contributed by atoms with E-state index in [2.05, 4.69) is 11.9 Å². The normalized spacial score (nSPS) is 10.8. The fourth-order valence-corrected chi connectivity index (χ4v) is 3.09. The molecule has 0 spiro atoms. The highest BCUT2D eigenvalue weighted by Gasteiger charge is 2.11. The molecule has 0 amide bonds. The van der Waals surface area contributed by atoms with E-state index >= 15 is 0 Å². The van der Waals surface area contributed by atoms with Gasteiger partial charge in [0.15, 0.2) is 0 Å². The summed E-state index contributed by atoms with van der Waals surface area (Å²) in [6.07, 6.45) is 2.18. The lowest BCUT2D eigenvalue weighted by Crippen LogP contribution is -1.85. The quantitative estimate of drug-likeness (QED) is 0.738. The van der Waals surface area contributed by atoms with Crippen LogP contribution in [0.1, 0.15) is 23.2 Å². The van der Waals surface area contributed by atoms with Crippen LogP contribution >= 0.6 is 34.5 Å². The van der Waals surface area contributed by atoms with Gasteiger partial charge >= 0.3 is 0 Å². The highest BCUT2D eigenvalue weighted by Crippen LogP contribution is 2.32. The predicted octanol–water partition coefficient (Wildman–Crippen LogP) is 5.38. The second kappa shape index (κ2) is 5.38. The van der Waals surface area contributed by atoms with Crippen LogP contribution in [-0.2, 0) is 6.42 Å². The van der Waals surface area contributed by atoms with Crippen LogP contribution in [0.25, 0.3) is 11.3 Å². The fourth-order valence-electron chi connectivity index (χ4n) is 1.73. The van der Waals surface area contributed by atoms with E-state index in [9.17, 15) is 0 Å². The lowest BCUT2D eigenvalue weighted by molar-refractivity contribution is 0.938. The maximum Gasteiger partial charge on any atom is 0.0904 e. The maximum absolute atomic E-state index is 6.04. The molecule has 17 heavy (non-hydrogen) atoms. The van der Waals surface area contributed by atoms with Gasteiger partial charge in [-0.25, -0.2) is 4.98 Å². The van der Waals surface area contributed by atoms with E-state index in [0.29, 0.717) is 10.0 Å². The Labute approximate surface area is 115 Å². The van der Waals surface area contributed by atoms with Crippen LogP contribution in [0.3, 0.4) is 0 Å². The molecule has 90 valence electrons. The largest absolute Gasteiger partial charge is 0.241 e. The molecule has 1 aromatic heterocycles. The Hall–Kier alpha value is -0.570. The molecule has 0 saturated carbocycles. The van der Waals surface area contributed by atoms with Gasteiger partial charge in [0, 0.05) is 10.4 Å². The molecule has 0 atom stereocenters. The Bertz CT molecular complexity index is 534. The molecule has 4 heteroatoms. The minimum atomic E-state index is 0.581. The first-order valence-electron chi connectivity index (χ1n) is 5.53. The molecule has 2 aromatic rings. The lowest BCUT2D eigenvalue weighted by atomic mass is 10.1. The topological polar surface area (TPSA) is 12.9 Å². The van der Waals surface area contributed by atoms with Crippen LogP contribution in [-0.4, -0.2) is 4.98 Å². The monoisotopic (exact) mass is 285 g/mol. The molecule has 0 saturated heterocycles. The van der Waals surface area contributed by atoms with Crippen molar-refractivity contribution in [2.45, 2.75) is 26.7 Å². The van der Waals surface area contributed by atoms with Crippen LogP contribution < -0.4 is 0 Å². The highest BCUT2D eigenvalue weighted by atomic mass is 35.5. The van der Waals surface area contributed by atoms with Crippen molar-refractivity contribution in [1.82, 2.24) is 4.98 Å². The van der Waals surface area contributed by atoms with Crippen molar-refractivity contribution in [3.05, 3.63) is 38.1 Å². The zero-order valence-corrected chi connectivity index (χ0v) is 12.1. The summed E-state index contributed by atoms with van der Waals surface area (Å²) in [5.41, 5.74) is 2.10. The molecule has 0 fully saturated rings. The summed E-state index contributed by atoms with van der Waals surface area (Å²) in [5.74, 6) is 0. The van der Waals surface area contributed by atoms with E-state index < -0.39 is 0 Å². The van der Waals surface area contributed by atoms with Crippen molar-refractivity contribution in [2.75, 3.05) is 0 Å². The Kier molecular flexibility index (Phi) is 4.08. The number of aromatic nitrogens is 1. The standard InChI is InChI=1S/C13H13Cl2NS/c1-3-4-12-13(16-8(2)17-12)9-5-6-10(14)11(15)7-9/h5-7H,3-4H2,1-2H3. The van der Waals surface area contributed by atoms with Gasteiger partial charge in [-0.2, -0.15) is 0 Å². The molecule has 0 aliphatic carbocycles. The molecule has 0 bridgehead atoms. The van der Waals surface area contributed by atoms with Crippen molar-refractivity contribution >= 4 is 34.5 Å². The number of thiazole rings is 1. The Morgan fingerprint density at radius 2 is 2.00 bits per heavy atom. The van der Waals surface area contributed by atoms with Gasteiger partial charge in [-0.1, -0.05) is 42.6 Å². The minimum absolute atomic E-state index is 0.581. The van der Waals surface area contributed by atoms with Gasteiger partial charge in [0.1, 0.15) is 0 Å². The van der Waals surface area contributed by atoms with Gasteiger partial charge in [0.25, 0.3) is 0 Å². The number of nitrogens with zero attached hydrogens (tertiary/aromatic N) is 1. The molecule has 0 radical (unpaired) electrons. The van der Waals surface area contributed by atoms with E-state index in [1.54, 1.807) is 11.3 Å². The minimum Gasteiger partial charge on any atom is -0.241 e. The smallest absolute Gasteiger partial charge is 0.0904 e. The van der Waals surface area contributed by atoms with Crippen LogP contribution in [0.5, 0.6) is 0 Å². The van der Waals surface area contributed by atoms with Crippen LogP contribution in [0, 0.1) is 6.92 Å². The number of hydrogen-bond donors (Lipinski definition) is 0. The third-order valence-electron chi connectivity index (χ3n) is 2.47. The van der Waals surface area contributed by atoms with Gasteiger partial charge in [-0.15, -0.1) is 11.3 Å². The average Bonchev–Trinajstić information content (AvgIpc) is 2.64. The molecule has 0 aliphatic rings. The molecule has 0 N–H and O–H groups in total. The van der Waals surface area contributed by atoms with Crippen molar-refractivity contribution in [2.24, 2.45) is 0 Å². The molecule has 1 nitrogen and oxygen atoms in total. The first kappa shape index (κ1) is 12.9. The second-order valence-corrected chi connectivity index (χ2v) is 5.99. The van der Waals surface area contributed by atoms with Gasteiger partial charge in [-0.3, -0.25) is 0 Å². The number of benzene rings is 1. The summed E-state index contributed by atoms with van der Waals surface area (Å²) < 4.78 is 0. The van der Waals surface area contributed by atoms with Crippen molar-refractivity contribution in [3.8, 4) is 11.3 Å². The molecular weight excluding hydrogens is 273 g/mol. The van der Waals surface area contributed by atoms with Crippen molar-refractivity contribution in [1.29, 1.82) is 0 Å². The van der Waals surface area contributed by atoms with Gasteiger partial charge in [0.05, 0.1) is 20.7 Å².